The highest BCUT2D eigenvalue weighted by Crippen LogP contribution is 2.05. The fraction of sp³-hybridized carbons (Fsp3) is 0.400. The molecule has 0 aliphatic carbocycles. The molecule has 8 heteroatoms. The van der Waals surface area contributed by atoms with Gasteiger partial charge < -0.3 is 10.6 Å². The van der Waals surface area contributed by atoms with E-state index in [0.29, 0.717) is 12.5 Å². The average molecular weight is 432 g/mol. The highest BCUT2D eigenvalue weighted by Gasteiger charge is 2.02. The molecule has 0 amide bonds. The van der Waals surface area contributed by atoms with Gasteiger partial charge in [-0.25, -0.2) is 9.37 Å². The first-order chi connectivity index (χ1) is 10.7. The summed E-state index contributed by atoms with van der Waals surface area (Å²) in [6, 6.07) is 6.70. The standard InChI is InChI=1S/C15H21FN6.HI/c1-17-15(19-10-14-20-11-21-22(14)2)18-8-4-6-12-5-3-7-13(16)9-12;/h3,5,7,9,11H,4,6,8,10H2,1-2H3,(H2,17,18,19);1H. The number of aromatic nitrogens is 3. The van der Waals surface area contributed by atoms with Crippen molar-refractivity contribution in [2.45, 2.75) is 19.4 Å². The monoisotopic (exact) mass is 432 g/mol. The number of aliphatic imine (C=N–C) groups is 1. The van der Waals surface area contributed by atoms with Crippen molar-refractivity contribution in [3.63, 3.8) is 0 Å². The van der Waals surface area contributed by atoms with E-state index in [-0.39, 0.29) is 29.8 Å². The molecule has 0 unspecified atom stereocenters. The normalized spacial score (nSPS) is 11.0. The summed E-state index contributed by atoms with van der Waals surface area (Å²) in [6.07, 6.45) is 3.24. The average Bonchev–Trinajstić information content (AvgIpc) is 2.92. The van der Waals surface area contributed by atoms with Gasteiger partial charge in [0, 0.05) is 20.6 Å². The van der Waals surface area contributed by atoms with E-state index >= 15 is 0 Å². The molecule has 0 aliphatic heterocycles. The number of hydrogen-bond acceptors (Lipinski definition) is 3. The molecule has 1 aromatic heterocycles. The summed E-state index contributed by atoms with van der Waals surface area (Å²) in [6.45, 7) is 1.31. The van der Waals surface area contributed by atoms with Gasteiger partial charge in [-0.15, -0.1) is 24.0 Å². The van der Waals surface area contributed by atoms with Gasteiger partial charge in [0.05, 0.1) is 6.54 Å². The van der Waals surface area contributed by atoms with Crippen molar-refractivity contribution < 1.29 is 4.39 Å². The van der Waals surface area contributed by atoms with Gasteiger partial charge in [0.1, 0.15) is 18.0 Å². The molecule has 126 valence electrons. The topological polar surface area (TPSA) is 67.1 Å². The third-order valence-corrected chi connectivity index (χ3v) is 3.27. The Morgan fingerprint density at radius 2 is 2.17 bits per heavy atom. The predicted octanol–water partition coefficient (Wildman–Crippen LogP) is 1.87. The Labute approximate surface area is 152 Å². The number of benzene rings is 1. The molecule has 2 N–H and O–H groups in total. The molecule has 2 aromatic rings. The van der Waals surface area contributed by atoms with Crippen molar-refractivity contribution in [2.75, 3.05) is 13.6 Å². The first kappa shape index (κ1) is 19.3. The van der Waals surface area contributed by atoms with Crippen molar-refractivity contribution in [3.05, 3.63) is 47.8 Å². The van der Waals surface area contributed by atoms with Crippen LogP contribution in [0.3, 0.4) is 0 Å². The number of nitrogens with zero attached hydrogens (tertiary/aromatic N) is 4. The molecule has 1 aromatic carbocycles. The molecule has 0 radical (unpaired) electrons. The van der Waals surface area contributed by atoms with Crippen LogP contribution in [-0.4, -0.2) is 34.3 Å². The molecule has 2 rings (SSSR count). The molecule has 23 heavy (non-hydrogen) atoms. The van der Waals surface area contributed by atoms with Crippen LogP contribution in [0.15, 0.2) is 35.6 Å². The highest BCUT2D eigenvalue weighted by atomic mass is 127. The van der Waals surface area contributed by atoms with Gasteiger partial charge in [-0.3, -0.25) is 9.67 Å². The first-order valence-corrected chi connectivity index (χ1v) is 7.21. The van der Waals surface area contributed by atoms with Crippen molar-refractivity contribution in [2.24, 2.45) is 12.0 Å². The van der Waals surface area contributed by atoms with Crippen molar-refractivity contribution in [1.82, 2.24) is 25.4 Å². The quantitative estimate of drug-likeness (QED) is 0.317. The summed E-state index contributed by atoms with van der Waals surface area (Å²) in [5, 5.41) is 10.4. The molecular weight excluding hydrogens is 410 g/mol. The SMILES string of the molecule is CN=C(NCCCc1cccc(F)c1)NCc1ncnn1C.I. The van der Waals surface area contributed by atoms with E-state index in [0.717, 1.165) is 30.8 Å². The molecule has 0 fully saturated rings. The third-order valence-electron chi connectivity index (χ3n) is 3.27. The number of halogens is 2. The van der Waals surface area contributed by atoms with E-state index in [2.05, 4.69) is 25.7 Å². The molecule has 6 nitrogen and oxygen atoms in total. The maximum atomic E-state index is 13.1. The largest absolute Gasteiger partial charge is 0.356 e. The Morgan fingerprint density at radius 3 is 2.83 bits per heavy atom. The van der Waals surface area contributed by atoms with Gasteiger partial charge in [-0.05, 0) is 30.5 Å². The lowest BCUT2D eigenvalue weighted by molar-refractivity contribution is 0.624. The van der Waals surface area contributed by atoms with Crippen molar-refractivity contribution in [1.29, 1.82) is 0 Å². The van der Waals surface area contributed by atoms with E-state index in [1.54, 1.807) is 23.9 Å². The molecule has 0 spiro atoms. The molecule has 0 saturated carbocycles. The van der Waals surface area contributed by atoms with Crippen LogP contribution in [0.4, 0.5) is 4.39 Å². The van der Waals surface area contributed by atoms with Crippen LogP contribution in [0.1, 0.15) is 17.8 Å². The molecule has 0 atom stereocenters. The number of nitrogens with one attached hydrogen (secondary N) is 2. The van der Waals surface area contributed by atoms with Crippen LogP contribution in [0.5, 0.6) is 0 Å². The van der Waals surface area contributed by atoms with Gasteiger partial charge in [-0.2, -0.15) is 5.10 Å². The van der Waals surface area contributed by atoms with Crippen molar-refractivity contribution in [3.8, 4) is 0 Å². The minimum atomic E-state index is -0.188. The summed E-state index contributed by atoms with van der Waals surface area (Å²) in [5.74, 6) is 1.36. The summed E-state index contributed by atoms with van der Waals surface area (Å²) in [5.41, 5.74) is 1.00. The van der Waals surface area contributed by atoms with Crippen molar-refractivity contribution >= 4 is 29.9 Å². The Bertz CT molecular complexity index is 628. The smallest absolute Gasteiger partial charge is 0.191 e. The van der Waals surface area contributed by atoms with Gasteiger partial charge in [-0.1, -0.05) is 12.1 Å². The molecular formula is C15H22FIN6. The molecule has 1 heterocycles. The number of guanidine groups is 1. The van der Waals surface area contributed by atoms with Gasteiger partial charge in [0.2, 0.25) is 0 Å². The van der Waals surface area contributed by atoms with E-state index in [1.807, 2.05) is 13.1 Å². The predicted molar refractivity (Wildman–Crippen MR) is 99.3 cm³/mol. The van der Waals surface area contributed by atoms with Crippen LogP contribution in [0, 0.1) is 5.82 Å². The second-order valence-electron chi connectivity index (χ2n) is 4.89. The number of rotatable bonds is 6. The highest BCUT2D eigenvalue weighted by molar-refractivity contribution is 14.0. The van der Waals surface area contributed by atoms with E-state index in [1.165, 1.54) is 12.4 Å². The van der Waals surface area contributed by atoms with Crippen LogP contribution in [0.25, 0.3) is 0 Å². The van der Waals surface area contributed by atoms with Crippen LogP contribution < -0.4 is 10.6 Å². The summed E-state index contributed by atoms with van der Waals surface area (Å²) in [4.78, 5) is 8.29. The lowest BCUT2D eigenvalue weighted by atomic mass is 10.1. The van der Waals surface area contributed by atoms with Crippen LogP contribution >= 0.6 is 24.0 Å². The Morgan fingerprint density at radius 1 is 1.35 bits per heavy atom. The zero-order valence-electron chi connectivity index (χ0n) is 13.3. The van der Waals surface area contributed by atoms with E-state index in [4.69, 9.17) is 0 Å². The van der Waals surface area contributed by atoms with Gasteiger partial charge in [0.15, 0.2) is 5.96 Å². The third kappa shape index (κ3) is 6.51. The van der Waals surface area contributed by atoms with Gasteiger partial charge >= 0.3 is 0 Å². The lowest BCUT2D eigenvalue weighted by Gasteiger charge is -2.11. The fourth-order valence-electron chi connectivity index (χ4n) is 2.06. The Hall–Kier alpha value is -1.71. The molecule has 0 aliphatic rings. The Balaban J connectivity index is 0.00000264. The maximum Gasteiger partial charge on any atom is 0.191 e. The second kappa shape index (κ2) is 10.1. The minimum absolute atomic E-state index is 0. The Kier molecular flexibility index (Phi) is 8.52. The van der Waals surface area contributed by atoms with Gasteiger partial charge in [0.25, 0.3) is 0 Å². The van der Waals surface area contributed by atoms with Crippen LogP contribution in [0.2, 0.25) is 0 Å². The second-order valence-corrected chi connectivity index (χ2v) is 4.89. The summed E-state index contributed by atoms with van der Waals surface area (Å²) >= 11 is 0. The first-order valence-electron chi connectivity index (χ1n) is 7.21. The zero-order chi connectivity index (χ0) is 15.8. The zero-order valence-corrected chi connectivity index (χ0v) is 15.6. The molecule has 0 bridgehead atoms. The maximum absolute atomic E-state index is 13.1. The van der Waals surface area contributed by atoms with E-state index < -0.39 is 0 Å². The number of hydrogen-bond donors (Lipinski definition) is 2. The lowest BCUT2D eigenvalue weighted by Crippen LogP contribution is -2.38. The minimum Gasteiger partial charge on any atom is -0.356 e. The van der Waals surface area contributed by atoms with Crippen LogP contribution in [-0.2, 0) is 20.0 Å². The summed E-state index contributed by atoms with van der Waals surface area (Å²) < 4.78 is 14.8. The summed E-state index contributed by atoms with van der Waals surface area (Å²) in [7, 11) is 3.57. The fourth-order valence-corrected chi connectivity index (χ4v) is 2.06. The molecule has 0 saturated heterocycles. The number of aryl methyl sites for hydroxylation is 2. The van der Waals surface area contributed by atoms with E-state index in [9.17, 15) is 4.39 Å².